The van der Waals surface area contributed by atoms with Crippen molar-refractivity contribution in [1.29, 1.82) is 0 Å². The number of piperidine rings is 1. The van der Waals surface area contributed by atoms with Gasteiger partial charge in [-0.25, -0.2) is 0 Å². The highest BCUT2D eigenvalue weighted by Crippen LogP contribution is 2.19. The molecule has 0 atom stereocenters. The molecule has 5 nitrogen and oxygen atoms in total. The molecule has 1 saturated heterocycles. The molecule has 20 heavy (non-hydrogen) atoms. The summed E-state index contributed by atoms with van der Waals surface area (Å²) in [5.74, 6) is 0.385. The molecule has 120 valence electrons. The van der Waals surface area contributed by atoms with E-state index in [1.54, 1.807) is 4.72 Å². The number of nitrogens with zero attached hydrogens (tertiary/aromatic N) is 1. The van der Waals surface area contributed by atoms with Crippen LogP contribution in [0.2, 0.25) is 0 Å². The third kappa shape index (κ3) is 6.38. The van der Waals surface area contributed by atoms with E-state index in [0.717, 1.165) is 23.8 Å². The third-order valence-corrected chi connectivity index (χ3v) is 4.78. The lowest BCUT2D eigenvalue weighted by atomic mass is 9.98. The lowest BCUT2D eigenvalue weighted by Crippen LogP contribution is -2.48. The van der Waals surface area contributed by atoms with Crippen LogP contribution in [0.15, 0.2) is 0 Å². The Morgan fingerprint density at radius 3 is 2.35 bits per heavy atom. The summed E-state index contributed by atoms with van der Waals surface area (Å²) < 4.78 is 62.2. The first-order chi connectivity index (χ1) is 9.24. The third-order valence-electron chi connectivity index (χ3n) is 3.23. The lowest BCUT2D eigenvalue weighted by molar-refractivity contribution is -0.121. The summed E-state index contributed by atoms with van der Waals surface area (Å²) in [5, 5.41) is 3.27. The summed E-state index contributed by atoms with van der Waals surface area (Å²) in [6.07, 6.45) is -2.16. The van der Waals surface area contributed by atoms with E-state index < -0.39 is 22.9 Å². The monoisotopic (exact) mass is 317 g/mol. The molecule has 1 fully saturated rings. The quantitative estimate of drug-likeness (QED) is 0.691. The molecule has 9 heteroatoms. The largest absolute Gasteiger partial charge is 0.402 e. The zero-order valence-electron chi connectivity index (χ0n) is 11.5. The average molecular weight is 317 g/mol. The second-order valence-electron chi connectivity index (χ2n) is 4.99. The molecule has 2 N–H and O–H groups in total. The average Bonchev–Trinajstić information content (AvgIpc) is 2.37. The van der Waals surface area contributed by atoms with Crippen molar-refractivity contribution in [2.24, 2.45) is 5.92 Å². The molecule has 0 unspecified atom stereocenters. The fourth-order valence-electron chi connectivity index (χ4n) is 2.10. The zero-order chi connectivity index (χ0) is 15.2. The van der Waals surface area contributed by atoms with Gasteiger partial charge in [0.25, 0.3) is 10.2 Å². The van der Waals surface area contributed by atoms with Crippen LogP contribution in [0.3, 0.4) is 0 Å². The summed E-state index contributed by atoms with van der Waals surface area (Å²) >= 11 is 0. The summed E-state index contributed by atoms with van der Waals surface area (Å²) in [6, 6.07) is 0. The number of rotatable bonds is 7. The Balaban J connectivity index is 2.36. The Bertz CT molecular complexity index is 379. The minimum Gasteiger partial charge on any atom is -0.316 e. The van der Waals surface area contributed by atoms with Crippen molar-refractivity contribution in [3.8, 4) is 0 Å². The first kappa shape index (κ1) is 17.7. The molecule has 0 aromatic rings. The van der Waals surface area contributed by atoms with Gasteiger partial charge in [-0.05, 0) is 38.3 Å². The van der Waals surface area contributed by atoms with E-state index in [9.17, 15) is 21.6 Å². The number of hydrogen-bond acceptors (Lipinski definition) is 3. The van der Waals surface area contributed by atoms with E-state index in [0.29, 0.717) is 18.8 Å². The topological polar surface area (TPSA) is 61.4 Å². The van der Waals surface area contributed by atoms with Crippen molar-refractivity contribution >= 4 is 10.2 Å². The van der Waals surface area contributed by atoms with Crippen LogP contribution in [0.5, 0.6) is 0 Å². The van der Waals surface area contributed by atoms with Gasteiger partial charge in [0.2, 0.25) is 0 Å². The SMILES string of the molecule is CCCNCC1CCN(S(=O)(=O)NCC(F)(F)F)CC1. The van der Waals surface area contributed by atoms with E-state index >= 15 is 0 Å². The maximum atomic E-state index is 12.0. The van der Waals surface area contributed by atoms with Crippen LogP contribution >= 0.6 is 0 Å². The summed E-state index contributed by atoms with van der Waals surface area (Å²) in [6.45, 7) is 2.84. The predicted octanol–water partition coefficient (Wildman–Crippen LogP) is 1.09. The molecule has 1 aliphatic heterocycles. The van der Waals surface area contributed by atoms with Crippen LogP contribution in [0, 0.1) is 5.92 Å². The van der Waals surface area contributed by atoms with Crippen molar-refractivity contribution in [1.82, 2.24) is 14.3 Å². The van der Waals surface area contributed by atoms with Gasteiger partial charge < -0.3 is 5.32 Å². The fourth-order valence-corrected chi connectivity index (χ4v) is 3.32. The molecule has 0 bridgehead atoms. The van der Waals surface area contributed by atoms with Gasteiger partial charge in [-0.1, -0.05) is 6.92 Å². The smallest absolute Gasteiger partial charge is 0.316 e. The first-order valence-electron chi connectivity index (χ1n) is 6.77. The fraction of sp³-hybridized carbons (Fsp3) is 1.00. The summed E-state index contributed by atoms with van der Waals surface area (Å²) in [4.78, 5) is 0. The van der Waals surface area contributed by atoms with E-state index in [4.69, 9.17) is 0 Å². The van der Waals surface area contributed by atoms with E-state index in [-0.39, 0.29) is 13.1 Å². The molecule has 1 aliphatic rings. The van der Waals surface area contributed by atoms with Gasteiger partial charge in [0, 0.05) is 13.1 Å². The van der Waals surface area contributed by atoms with E-state index in [2.05, 4.69) is 12.2 Å². The Kier molecular flexibility index (Phi) is 6.70. The number of halogens is 3. The molecule has 0 spiro atoms. The highest BCUT2D eigenvalue weighted by molar-refractivity contribution is 7.87. The predicted molar refractivity (Wildman–Crippen MR) is 70.4 cm³/mol. The minimum atomic E-state index is -4.53. The Hall–Kier alpha value is -0.380. The van der Waals surface area contributed by atoms with Gasteiger partial charge in [-0.15, -0.1) is 0 Å². The molecule has 0 aliphatic carbocycles. The van der Waals surface area contributed by atoms with Gasteiger partial charge in [-0.2, -0.15) is 30.6 Å². The van der Waals surface area contributed by atoms with Gasteiger partial charge in [0.15, 0.2) is 0 Å². The van der Waals surface area contributed by atoms with Crippen molar-refractivity contribution in [3.05, 3.63) is 0 Å². The Labute approximate surface area is 118 Å². The zero-order valence-corrected chi connectivity index (χ0v) is 12.4. The van der Waals surface area contributed by atoms with Gasteiger partial charge >= 0.3 is 6.18 Å². The standard InChI is InChI=1S/C11H22F3N3O2S/c1-2-5-15-8-10-3-6-17(7-4-10)20(18,19)16-9-11(12,13)14/h10,15-16H,2-9H2,1H3. The molecule has 1 rings (SSSR count). The molecular formula is C11H22F3N3O2S. The maximum absolute atomic E-state index is 12.0. The van der Waals surface area contributed by atoms with Crippen LogP contribution in [0.4, 0.5) is 13.2 Å². The van der Waals surface area contributed by atoms with Crippen LogP contribution in [0.1, 0.15) is 26.2 Å². The molecule has 1 heterocycles. The van der Waals surface area contributed by atoms with Crippen molar-refractivity contribution in [2.45, 2.75) is 32.4 Å². The molecule has 0 amide bonds. The Morgan fingerprint density at radius 2 is 1.85 bits per heavy atom. The molecule has 0 radical (unpaired) electrons. The normalized spacial score (nSPS) is 19.4. The van der Waals surface area contributed by atoms with E-state index in [1.807, 2.05) is 0 Å². The molecule has 0 saturated carbocycles. The minimum absolute atomic E-state index is 0.270. The van der Waals surface area contributed by atoms with Crippen molar-refractivity contribution in [2.75, 3.05) is 32.7 Å². The van der Waals surface area contributed by atoms with Crippen LogP contribution < -0.4 is 10.0 Å². The number of alkyl halides is 3. The van der Waals surface area contributed by atoms with Crippen LogP contribution in [-0.2, 0) is 10.2 Å². The summed E-state index contributed by atoms with van der Waals surface area (Å²) in [5.41, 5.74) is 0. The lowest BCUT2D eigenvalue weighted by Gasteiger charge is -2.31. The summed E-state index contributed by atoms with van der Waals surface area (Å²) in [7, 11) is -4.02. The van der Waals surface area contributed by atoms with Gasteiger partial charge in [0.05, 0.1) is 0 Å². The van der Waals surface area contributed by atoms with Gasteiger partial charge in [-0.3, -0.25) is 0 Å². The highest BCUT2D eigenvalue weighted by Gasteiger charge is 2.33. The number of nitrogens with one attached hydrogen (secondary N) is 2. The van der Waals surface area contributed by atoms with Crippen LogP contribution in [-0.4, -0.2) is 51.6 Å². The van der Waals surface area contributed by atoms with Crippen LogP contribution in [0.25, 0.3) is 0 Å². The second-order valence-corrected chi connectivity index (χ2v) is 6.74. The van der Waals surface area contributed by atoms with Crippen molar-refractivity contribution < 1.29 is 21.6 Å². The number of hydrogen-bond donors (Lipinski definition) is 2. The highest BCUT2D eigenvalue weighted by atomic mass is 32.2. The first-order valence-corrected chi connectivity index (χ1v) is 8.21. The van der Waals surface area contributed by atoms with E-state index in [1.165, 1.54) is 0 Å². The molecule has 0 aromatic heterocycles. The Morgan fingerprint density at radius 1 is 1.25 bits per heavy atom. The molecule has 0 aromatic carbocycles. The molecular weight excluding hydrogens is 295 g/mol. The van der Waals surface area contributed by atoms with Crippen molar-refractivity contribution in [3.63, 3.8) is 0 Å². The maximum Gasteiger partial charge on any atom is 0.402 e. The second kappa shape index (κ2) is 7.58. The van der Waals surface area contributed by atoms with Gasteiger partial charge in [0.1, 0.15) is 6.54 Å².